The molecule has 1 aliphatic rings. The summed E-state index contributed by atoms with van der Waals surface area (Å²) in [6.45, 7) is 2.40. The molecular weight excluding hydrogens is 460 g/mol. The Morgan fingerprint density at radius 3 is 2.43 bits per heavy atom. The zero-order valence-electron chi connectivity index (χ0n) is 19.3. The van der Waals surface area contributed by atoms with Crippen LogP contribution in [-0.4, -0.2) is 52.6 Å². The van der Waals surface area contributed by atoms with Gasteiger partial charge in [-0.3, -0.25) is 0 Å². The molecule has 5 rings (SSSR count). The Labute approximate surface area is 208 Å². The SMILES string of the molecule is OCc1ccccc1Sc1ccccc1CNc1nc(N2CCOC(CO)C2)c2ccccc2n1. The Morgan fingerprint density at radius 1 is 0.914 bits per heavy atom. The number of hydrogen-bond donors (Lipinski definition) is 3. The Kier molecular flexibility index (Phi) is 7.44. The number of hydrogen-bond acceptors (Lipinski definition) is 8. The van der Waals surface area contributed by atoms with Gasteiger partial charge in [0.2, 0.25) is 5.95 Å². The largest absolute Gasteiger partial charge is 0.394 e. The number of para-hydroxylation sites is 1. The fraction of sp³-hybridized carbons (Fsp3) is 0.259. The molecule has 0 saturated carbocycles. The van der Waals surface area contributed by atoms with Gasteiger partial charge in [-0.25, -0.2) is 4.98 Å². The molecule has 1 aliphatic heterocycles. The van der Waals surface area contributed by atoms with E-state index in [1.165, 1.54) is 0 Å². The van der Waals surface area contributed by atoms with Gasteiger partial charge in [0.25, 0.3) is 0 Å². The third-order valence-corrected chi connectivity index (χ3v) is 7.23. The zero-order chi connectivity index (χ0) is 24.0. The van der Waals surface area contributed by atoms with Crippen LogP contribution in [0, 0.1) is 0 Å². The zero-order valence-corrected chi connectivity index (χ0v) is 20.1. The molecule has 0 radical (unpaired) electrons. The third-order valence-electron chi connectivity index (χ3n) is 6.00. The number of morpholine rings is 1. The van der Waals surface area contributed by atoms with E-state index < -0.39 is 0 Å². The summed E-state index contributed by atoms with van der Waals surface area (Å²) in [6.07, 6.45) is -0.223. The molecule has 4 aromatic rings. The van der Waals surface area contributed by atoms with Crippen LogP contribution in [0.4, 0.5) is 11.8 Å². The van der Waals surface area contributed by atoms with Crippen LogP contribution in [0.25, 0.3) is 10.9 Å². The molecule has 3 aromatic carbocycles. The molecular formula is C27H28N4O3S. The Balaban J connectivity index is 1.40. The maximum absolute atomic E-state index is 9.70. The van der Waals surface area contributed by atoms with Crippen LogP contribution in [0.15, 0.2) is 82.6 Å². The first-order valence-corrected chi connectivity index (χ1v) is 12.5. The summed E-state index contributed by atoms with van der Waals surface area (Å²) >= 11 is 1.65. The van der Waals surface area contributed by atoms with Gasteiger partial charge >= 0.3 is 0 Å². The number of benzene rings is 3. The predicted molar refractivity (Wildman–Crippen MR) is 139 cm³/mol. The Hall–Kier alpha value is -3.17. The topological polar surface area (TPSA) is 90.7 Å². The predicted octanol–water partition coefficient (Wildman–Crippen LogP) is 4.08. The highest BCUT2D eigenvalue weighted by atomic mass is 32.2. The average molecular weight is 489 g/mol. The lowest BCUT2D eigenvalue weighted by Crippen LogP contribution is -2.44. The van der Waals surface area contributed by atoms with Crippen molar-refractivity contribution in [2.45, 2.75) is 29.0 Å². The molecule has 180 valence electrons. The molecule has 1 atom stereocenters. The summed E-state index contributed by atoms with van der Waals surface area (Å²) in [5.41, 5.74) is 2.90. The number of aliphatic hydroxyl groups is 2. The second-order valence-electron chi connectivity index (χ2n) is 8.34. The molecule has 0 bridgehead atoms. The van der Waals surface area contributed by atoms with Crippen molar-refractivity contribution in [2.24, 2.45) is 0 Å². The second kappa shape index (κ2) is 11.0. The summed E-state index contributed by atoms with van der Waals surface area (Å²) in [5.74, 6) is 1.40. The van der Waals surface area contributed by atoms with Gasteiger partial charge in [0.05, 0.1) is 31.4 Å². The summed E-state index contributed by atoms with van der Waals surface area (Å²) in [6, 6.07) is 24.1. The van der Waals surface area contributed by atoms with Crippen LogP contribution < -0.4 is 10.2 Å². The molecule has 3 N–H and O–H groups in total. The lowest BCUT2D eigenvalue weighted by Gasteiger charge is -2.33. The number of ether oxygens (including phenoxy) is 1. The number of nitrogens with one attached hydrogen (secondary N) is 1. The summed E-state index contributed by atoms with van der Waals surface area (Å²) < 4.78 is 5.64. The smallest absolute Gasteiger partial charge is 0.225 e. The van der Waals surface area contributed by atoms with Gasteiger partial charge in [0.15, 0.2) is 0 Å². The summed E-state index contributed by atoms with van der Waals surface area (Å²) in [5, 5.41) is 23.7. The minimum Gasteiger partial charge on any atom is -0.394 e. The number of rotatable bonds is 8. The van der Waals surface area contributed by atoms with Crippen molar-refractivity contribution in [3.8, 4) is 0 Å². The van der Waals surface area contributed by atoms with E-state index in [-0.39, 0.29) is 19.3 Å². The standard InChI is InChI=1S/C27H28N4O3S/c32-17-20-8-2-6-12-25(20)35-24-11-5-1-7-19(24)15-28-27-29-23-10-4-3-9-22(23)26(30-27)31-13-14-34-21(16-31)18-33/h1-12,21,32-33H,13-18H2,(H,28,29,30). The first-order valence-electron chi connectivity index (χ1n) is 11.7. The van der Waals surface area contributed by atoms with Crippen molar-refractivity contribution < 1.29 is 14.9 Å². The van der Waals surface area contributed by atoms with E-state index >= 15 is 0 Å². The molecule has 8 heteroatoms. The van der Waals surface area contributed by atoms with E-state index in [1.54, 1.807) is 11.8 Å². The van der Waals surface area contributed by atoms with Gasteiger partial charge in [-0.1, -0.05) is 60.3 Å². The molecule has 7 nitrogen and oxygen atoms in total. The van der Waals surface area contributed by atoms with E-state index in [0.717, 1.165) is 37.6 Å². The van der Waals surface area contributed by atoms with Crippen LogP contribution in [0.5, 0.6) is 0 Å². The summed E-state index contributed by atoms with van der Waals surface area (Å²) in [4.78, 5) is 13.9. The van der Waals surface area contributed by atoms with Crippen LogP contribution >= 0.6 is 11.8 Å². The van der Waals surface area contributed by atoms with Gasteiger partial charge < -0.3 is 25.2 Å². The van der Waals surface area contributed by atoms with Crippen molar-refractivity contribution in [3.05, 3.63) is 83.9 Å². The Bertz CT molecular complexity index is 1300. The quantitative estimate of drug-likeness (QED) is 0.342. The molecule has 1 fully saturated rings. The normalized spacial score (nSPS) is 15.9. The fourth-order valence-electron chi connectivity index (χ4n) is 4.18. The first-order chi connectivity index (χ1) is 17.2. The average Bonchev–Trinajstić information content (AvgIpc) is 2.92. The second-order valence-corrected chi connectivity index (χ2v) is 9.42. The molecule has 0 spiro atoms. The minimum absolute atomic E-state index is 0.00990. The minimum atomic E-state index is -0.223. The molecule has 0 amide bonds. The van der Waals surface area contributed by atoms with Gasteiger partial charge in [0, 0.05) is 34.8 Å². The fourth-order valence-corrected chi connectivity index (χ4v) is 5.24. The van der Waals surface area contributed by atoms with Crippen LogP contribution in [-0.2, 0) is 17.9 Å². The van der Waals surface area contributed by atoms with Crippen molar-refractivity contribution in [1.29, 1.82) is 0 Å². The molecule has 2 heterocycles. The number of fused-ring (bicyclic) bond motifs is 1. The number of anilines is 2. The van der Waals surface area contributed by atoms with E-state index in [2.05, 4.69) is 22.3 Å². The summed E-state index contributed by atoms with van der Waals surface area (Å²) in [7, 11) is 0. The number of aromatic nitrogens is 2. The highest BCUT2D eigenvalue weighted by Crippen LogP contribution is 2.33. The maximum atomic E-state index is 9.70. The molecule has 1 aromatic heterocycles. The van der Waals surface area contributed by atoms with Gasteiger partial charge in [0.1, 0.15) is 5.82 Å². The molecule has 0 aliphatic carbocycles. The van der Waals surface area contributed by atoms with E-state index in [1.807, 2.05) is 60.7 Å². The van der Waals surface area contributed by atoms with Crippen molar-refractivity contribution in [3.63, 3.8) is 0 Å². The maximum Gasteiger partial charge on any atom is 0.225 e. The van der Waals surface area contributed by atoms with Crippen LogP contribution in [0.1, 0.15) is 11.1 Å². The number of aliphatic hydroxyl groups excluding tert-OH is 2. The van der Waals surface area contributed by atoms with E-state index in [0.29, 0.717) is 32.2 Å². The number of nitrogens with zero attached hydrogens (tertiary/aromatic N) is 3. The first kappa shape index (κ1) is 23.6. The van der Waals surface area contributed by atoms with E-state index in [9.17, 15) is 10.2 Å². The third kappa shape index (κ3) is 5.41. The lowest BCUT2D eigenvalue weighted by atomic mass is 10.2. The van der Waals surface area contributed by atoms with Gasteiger partial charge in [-0.05, 0) is 35.4 Å². The highest BCUT2D eigenvalue weighted by Gasteiger charge is 2.23. The van der Waals surface area contributed by atoms with Crippen molar-refractivity contribution in [1.82, 2.24) is 9.97 Å². The lowest BCUT2D eigenvalue weighted by molar-refractivity contribution is 0.00344. The van der Waals surface area contributed by atoms with Crippen LogP contribution in [0.3, 0.4) is 0 Å². The van der Waals surface area contributed by atoms with Gasteiger partial charge in [-0.15, -0.1) is 0 Å². The highest BCUT2D eigenvalue weighted by molar-refractivity contribution is 7.99. The van der Waals surface area contributed by atoms with Gasteiger partial charge in [-0.2, -0.15) is 4.98 Å². The molecule has 1 unspecified atom stereocenters. The van der Waals surface area contributed by atoms with Crippen molar-refractivity contribution in [2.75, 3.05) is 36.5 Å². The monoisotopic (exact) mass is 488 g/mol. The molecule has 35 heavy (non-hydrogen) atoms. The van der Waals surface area contributed by atoms with E-state index in [4.69, 9.17) is 14.7 Å². The Morgan fingerprint density at radius 2 is 1.63 bits per heavy atom. The van der Waals surface area contributed by atoms with Crippen LogP contribution in [0.2, 0.25) is 0 Å². The van der Waals surface area contributed by atoms with Crippen molar-refractivity contribution >= 4 is 34.4 Å². The molecule has 1 saturated heterocycles.